The third kappa shape index (κ3) is 4.48. The van der Waals surface area contributed by atoms with Crippen molar-refractivity contribution in [3.8, 4) is 5.75 Å². The predicted molar refractivity (Wildman–Crippen MR) is 92.6 cm³/mol. The van der Waals surface area contributed by atoms with Gasteiger partial charge in [0.2, 0.25) is 10.0 Å². The van der Waals surface area contributed by atoms with Gasteiger partial charge in [0.15, 0.2) is 6.61 Å². The van der Waals surface area contributed by atoms with Crippen LogP contribution in [-0.2, 0) is 14.8 Å². The number of ether oxygens (including phenoxy) is 1. The van der Waals surface area contributed by atoms with Crippen molar-refractivity contribution in [1.82, 2.24) is 9.21 Å². The summed E-state index contributed by atoms with van der Waals surface area (Å²) in [5, 5.41) is 0. The summed E-state index contributed by atoms with van der Waals surface area (Å²) in [5.41, 5.74) is 0.696. The second-order valence-corrected chi connectivity index (χ2v) is 8.45. The molecule has 24 heavy (non-hydrogen) atoms. The van der Waals surface area contributed by atoms with E-state index in [4.69, 9.17) is 4.74 Å². The van der Waals surface area contributed by atoms with Gasteiger partial charge in [-0.1, -0.05) is 12.8 Å². The maximum atomic E-state index is 12.2. The smallest absolute Gasteiger partial charge is 0.260 e. The molecule has 0 atom stereocenters. The van der Waals surface area contributed by atoms with Gasteiger partial charge in [0.05, 0.1) is 4.90 Å². The molecule has 0 radical (unpaired) electrons. The SMILES string of the molecule is Cc1cc(S(=O)(=O)N(C)C)ccc1OCC(=O)N1CCCCCC1. The third-order valence-electron chi connectivity index (χ3n) is 4.23. The van der Waals surface area contributed by atoms with E-state index in [1.165, 1.54) is 37.3 Å². The lowest BCUT2D eigenvalue weighted by molar-refractivity contribution is -0.133. The quantitative estimate of drug-likeness (QED) is 0.811. The molecule has 7 heteroatoms. The largest absolute Gasteiger partial charge is 0.483 e. The predicted octanol–water partition coefficient (Wildman–Crippen LogP) is 2.03. The molecule has 134 valence electrons. The molecule has 0 unspecified atom stereocenters. The number of aryl methyl sites for hydroxylation is 1. The molecule has 1 heterocycles. The summed E-state index contributed by atoms with van der Waals surface area (Å²) in [6, 6.07) is 4.69. The standard InChI is InChI=1S/C17H26N2O4S/c1-14-12-15(24(21,22)18(2)3)8-9-16(14)23-13-17(20)19-10-6-4-5-7-11-19/h8-9,12H,4-7,10-11,13H2,1-3H3. The number of hydrogen-bond acceptors (Lipinski definition) is 4. The molecule has 0 aromatic heterocycles. The maximum Gasteiger partial charge on any atom is 0.260 e. The van der Waals surface area contributed by atoms with E-state index in [0.29, 0.717) is 11.3 Å². The van der Waals surface area contributed by atoms with Crippen LogP contribution in [0.3, 0.4) is 0 Å². The zero-order chi connectivity index (χ0) is 17.7. The summed E-state index contributed by atoms with van der Waals surface area (Å²) < 4.78 is 31.0. The Balaban J connectivity index is 2.01. The maximum absolute atomic E-state index is 12.2. The highest BCUT2D eigenvalue weighted by molar-refractivity contribution is 7.89. The molecule has 1 aliphatic rings. The van der Waals surface area contributed by atoms with E-state index in [-0.39, 0.29) is 17.4 Å². The number of rotatable bonds is 5. The van der Waals surface area contributed by atoms with Gasteiger partial charge in [-0.25, -0.2) is 12.7 Å². The molecule has 1 aromatic rings. The van der Waals surface area contributed by atoms with Crippen molar-refractivity contribution < 1.29 is 17.9 Å². The van der Waals surface area contributed by atoms with Crippen LogP contribution >= 0.6 is 0 Å². The van der Waals surface area contributed by atoms with E-state index in [2.05, 4.69) is 0 Å². The van der Waals surface area contributed by atoms with Gasteiger partial charge in [-0.15, -0.1) is 0 Å². The zero-order valence-corrected chi connectivity index (χ0v) is 15.4. The first-order valence-electron chi connectivity index (χ1n) is 8.26. The number of amides is 1. The van der Waals surface area contributed by atoms with Gasteiger partial charge in [0.1, 0.15) is 5.75 Å². The Bertz CT molecular complexity index is 678. The highest BCUT2D eigenvalue weighted by Crippen LogP contribution is 2.23. The fourth-order valence-corrected chi connectivity index (χ4v) is 3.69. The molecule has 1 saturated heterocycles. The number of benzene rings is 1. The van der Waals surface area contributed by atoms with Crippen molar-refractivity contribution in [1.29, 1.82) is 0 Å². The first kappa shape index (κ1) is 18.7. The molecular weight excluding hydrogens is 328 g/mol. The Kier molecular flexibility index (Phi) is 6.23. The van der Waals surface area contributed by atoms with Crippen molar-refractivity contribution in [2.75, 3.05) is 33.8 Å². The Morgan fingerprint density at radius 1 is 1.17 bits per heavy atom. The van der Waals surface area contributed by atoms with Crippen molar-refractivity contribution >= 4 is 15.9 Å². The molecule has 0 spiro atoms. The Hall–Kier alpha value is -1.60. The van der Waals surface area contributed by atoms with Gasteiger partial charge in [0.25, 0.3) is 5.91 Å². The van der Waals surface area contributed by atoms with E-state index in [9.17, 15) is 13.2 Å². The number of carbonyl (C=O) groups excluding carboxylic acids is 1. The molecule has 1 fully saturated rings. The summed E-state index contributed by atoms with van der Waals surface area (Å²) >= 11 is 0. The summed E-state index contributed by atoms with van der Waals surface area (Å²) in [4.78, 5) is 14.3. The number of carbonyl (C=O) groups is 1. The van der Waals surface area contributed by atoms with Gasteiger partial charge in [-0.2, -0.15) is 0 Å². The first-order valence-corrected chi connectivity index (χ1v) is 9.70. The van der Waals surface area contributed by atoms with Crippen molar-refractivity contribution in [2.45, 2.75) is 37.5 Å². The molecule has 2 rings (SSSR count). The zero-order valence-electron chi connectivity index (χ0n) is 14.6. The highest BCUT2D eigenvalue weighted by atomic mass is 32.2. The Labute approximate surface area is 144 Å². The van der Waals surface area contributed by atoms with Gasteiger partial charge in [-0.05, 0) is 43.5 Å². The lowest BCUT2D eigenvalue weighted by atomic mass is 10.2. The first-order chi connectivity index (χ1) is 11.3. The van der Waals surface area contributed by atoms with Gasteiger partial charge < -0.3 is 9.64 Å². The van der Waals surface area contributed by atoms with Crippen molar-refractivity contribution in [2.24, 2.45) is 0 Å². The molecule has 0 aliphatic carbocycles. The second-order valence-electron chi connectivity index (χ2n) is 6.30. The Morgan fingerprint density at radius 2 is 1.79 bits per heavy atom. The topological polar surface area (TPSA) is 66.9 Å². The minimum atomic E-state index is -3.47. The van der Waals surface area contributed by atoms with Crippen molar-refractivity contribution in [3.63, 3.8) is 0 Å². The summed E-state index contributed by atoms with van der Waals surface area (Å²) in [6.45, 7) is 3.35. The highest BCUT2D eigenvalue weighted by Gasteiger charge is 2.19. The lowest BCUT2D eigenvalue weighted by Gasteiger charge is -2.20. The summed E-state index contributed by atoms with van der Waals surface area (Å²) in [6.07, 6.45) is 4.43. The summed E-state index contributed by atoms with van der Waals surface area (Å²) in [5.74, 6) is 0.525. The minimum absolute atomic E-state index is 0.0127. The molecule has 6 nitrogen and oxygen atoms in total. The van der Waals surface area contributed by atoms with E-state index in [1.807, 2.05) is 4.90 Å². The van der Waals surface area contributed by atoms with Crippen LogP contribution in [0.25, 0.3) is 0 Å². The minimum Gasteiger partial charge on any atom is -0.483 e. The normalized spacial score (nSPS) is 16.1. The Morgan fingerprint density at radius 3 is 2.33 bits per heavy atom. The van der Waals surface area contributed by atoms with Crippen LogP contribution in [0.15, 0.2) is 23.1 Å². The fraction of sp³-hybridized carbons (Fsp3) is 0.588. The van der Waals surface area contributed by atoms with Crippen LogP contribution in [0.2, 0.25) is 0 Å². The molecule has 0 saturated carbocycles. The molecule has 1 aliphatic heterocycles. The molecule has 1 amide bonds. The lowest BCUT2D eigenvalue weighted by Crippen LogP contribution is -2.35. The van der Waals surface area contributed by atoms with E-state index >= 15 is 0 Å². The monoisotopic (exact) mass is 354 g/mol. The number of nitrogens with zero attached hydrogens (tertiary/aromatic N) is 2. The molecule has 1 aromatic carbocycles. The van der Waals surface area contributed by atoms with E-state index in [1.54, 1.807) is 19.1 Å². The van der Waals surface area contributed by atoms with Crippen LogP contribution in [-0.4, -0.2) is 57.3 Å². The van der Waals surface area contributed by atoms with Crippen LogP contribution in [0.1, 0.15) is 31.2 Å². The summed E-state index contributed by atoms with van der Waals surface area (Å²) in [7, 11) is -0.476. The van der Waals surface area contributed by atoms with Gasteiger partial charge in [0, 0.05) is 27.2 Å². The molecule has 0 bridgehead atoms. The van der Waals surface area contributed by atoms with Crippen LogP contribution in [0, 0.1) is 6.92 Å². The average molecular weight is 354 g/mol. The third-order valence-corrected chi connectivity index (χ3v) is 6.05. The number of sulfonamides is 1. The van der Waals surface area contributed by atoms with Gasteiger partial charge in [-0.3, -0.25) is 4.79 Å². The van der Waals surface area contributed by atoms with E-state index in [0.717, 1.165) is 25.9 Å². The second kappa shape index (κ2) is 7.98. The molecule has 0 N–H and O–H groups in total. The van der Waals surface area contributed by atoms with Gasteiger partial charge >= 0.3 is 0 Å². The average Bonchev–Trinajstić information content (AvgIpc) is 2.82. The van der Waals surface area contributed by atoms with Crippen LogP contribution in [0.5, 0.6) is 5.75 Å². The number of hydrogen-bond donors (Lipinski definition) is 0. The van der Waals surface area contributed by atoms with Crippen molar-refractivity contribution in [3.05, 3.63) is 23.8 Å². The fourth-order valence-electron chi connectivity index (χ4n) is 2.71. The van der Waals surface area contributed by atoms with Crippen LogP contribution < -0.4 is 4.74 Å². The van der Waals surface area contributed by atoms with E-state index < -0.39 is 10.0 Å². The molecular formula is C17H26N2O4S. The van der Waals surface area contributed by atoms with Crippen LogP contribution in [0.4, 0.5) is 0 Å². The number of likely N-dealkylation sites (tertiary alicyclic amines) is 1.